The molecule has 1 unspecified atom stereocenters. The standard InChI is InChI=1S/C11H15N3OS/c1-8-10(9-7-15-5-2-3-12-9)13-11-14(8)4-6-16-11/h4,6,9,12H,2-3,5,7H2,1H3. The lowest BCUT2D eigenvalue weighted by Crippen LogP contribution is -2.24. The van der Waals surface area contributed by atoms with Crippen LogP contribution in [0, 0.1) is 6.92 Å². The number of aromatic nitrogens is 2. The van der Waals surface area contributed by atoms with Crippen molar-refractivity contribution in [3.05, 3.63) is 23.0 Å². The van der Waals surface area contributed by atoms with Crippen molar-refractivity contribution in [1.29, 1.82) is 0 Å². The minimum atomic E-state index is 0.245. The lowest BCUT2D eigenvalue weighted by Gasteiger charge is -2.13. The van der Waals surface area contributed by atoms with Gasteiger partial charge in [-0.2, -0.15) is 0 Å². The van der Waals surface area contributed by atoms with Gasteiger partial charge in [-0.15, -0.1) is 11.3 Å². The van der Waals surface area contributed by atoms with Gasteiger partial charge in [0.2, 0.25) is 0 Å². The smallest absolute Gasteiger partial charge is 0.194 e. The first-order chi connectivity index (χ1) is 7.86. The van der Waals surface area contributed by atoms with Crippen LogP contribution in [0.5, 0.6) is 0 Å². The number of thiazole rings is 1. The van der Waals surface area contributed by atoms with Crippen molar-refractivity contribution >= 4 is 16.3 Å². The summed E-state index contributed by atoms with van der Waals surface area (Å²) >= 11 is 1.67. The summed E-state index contributed by atoms with van der Waals surface area (Å²) in [5.41, 5.74) is 2.35. The van der Waals surface area contributed by atoms with Crippen LogP contribution in [0.4, 0.5) is 0 Å². The fraction of sp³-hybridized carbons (Fsp3) is 0.545. The summed E-state index contributed by atoms with van der Waals surface area (Å²) in [6.45, 7) is 4.71. The molecule has 0 saturated carbocycles. The molecular formula is C11H15N3OS. The summed E-state index contributed by atoms with van der Waals surface area (Å²) in [7, 11) is 0. The average Bonchev–Trinajstić information content (AvgIpc) is 2.74. The van der Waals surface area contributed by atoms with E-state index in [-0.39, 0.29) is 6.04 Å². The molecule has 0 aromatic carbocycles. The summed E-state index contributed by atoms with van der Waals surface area (Å²) in [5.74, 6) is 0. The number of hydrogen-bond acceptors (Lipinski definition) is 4. The molecular weight excluding hydrogens is 222 g/mol. The van der Waals surface area contributed by atoms with Gasteiger partial charge in [-0.3, -0.25) is 4.40 Å². The molecule has 3 heterocycles. The van der Waals surface area contributed by atoms with E-state index in [0.717, 1.165) is 36.8 Å². The second kappa shape index (κ2) is 4.16. The predicted molar refractivity (Wildman–Crippen MR) is 64.0 cm³/mol. The van der Waals surface area contributed by atoms with Crippen LogP contribution in [0.25, 0.3) is 4.96 Å². The topological polar surface area (TPSA) is 38.6 Å². The van der Waals surface area contributed by atoms with E-state index in [4.69, 9.17) is 4.74 Å². The number of nitrogens with one attached hydrogen (secondary N) is 1. The first kappa shape index (κ1) is 10.3. The number of imidazole rings is 1. The Hall–Kier alpha value is -0.910. The van der Waals surface area contributed by atoms with Crippen LogP contribution in [0.1, 0.15) is 23.9 Å². The maximum Gasteiger partial charge on any atom is 0.194 e. The van der Waals surface area contributed by atoms with Gasteiger partial charge in [0.05, 0.1) is 18.3 Å². The normalized spacial score (nSPS) is 22.4. The Balaban J connectivity index is 1.97. The Morgan fingerprint density at radius 2 is 2.56 bits per heavy atom. The highest BCUT2D eigenvalue weighted by molar-refractivity contribution is 7.15. The van der Waals surface area contributed by atoms with E-state index in [0.29, 0.717) is 0 Å². The fourth-order valence-electron chi connectivity index (χ4n) is 2.13. The predicted octanol–water partition coefficient (Wildman–Crippen LogP) is 1.76. The van der Waals surface area contributed by atoms with Gasteiger partial charge in [0.25, 0.3) is 0 Å². The second-order valence-electron chi connectivity index (χ2n) is 4.07. The molecule has 16 heavy (non-hydrogen) atoms. The van der Waals surface area contributed by atoms with Crippen molar-refractivity contribution in [2.45, 2.75) is 19.4 Å². The molecule has 1 aliphatic heterocycles. The van der Waals surface area contributed by atoms with Gasteiger partial charge in [0.15, 0.2) is 4.96 Å². The van der Waals surface area contributed by atoms with E-state index in [1.807, 2.05) is 0 Å². The van der Waals surface area contributed by atoms with Gasteiger partial charge < -0.3 is 10.1 Å². The van der Waals surface area contributed by atoms with Crippen molar-refractivity contribution in [2.24, 2.45) is 0 Å². The van der Waals surface area contributed by atoms with Crippen molar-refractivity contribution in [3.8, 4) is 0 Å². The lowest BCUT2D eigenvalue weighted by atomic mass is 10.2. The summed E-state index contributed by atoms with van der Waals surface area (Å²) in [6.07, 6.45) is 3.15. The average molecular weight is 237 g/mol. The third-order valence-electron chi connectivity index (χ3n) is 3.01. The van der Waals surface area contributed by atoms with Crippen molar-refractivity contribution < 1.29 is 4.74 Å². The third-order valence-corrected chi connectivity index (χ3v) is 3.76. The van der Waals surface area contributed by atoms with Crippen molar-refractivity contribution in [1.82, 2.24) is 14.7 Å². The van der Waals surface area contributed by atoms with Crippen LogP contribution in [0.3, 0.4) is 0 Å². The molecule has 2 aromatic heterocycles. The number of fused-ring (bicyclic) bond motifs is 1. The largest absolute Gasteiger partial charge is 0.379 e. The Morgan fingerprint density at radius 3 is 3.44 bits per heavy atom. The molecule has 1 fully saturated rings. The maximum atomic E-state index is 5.58. The van der Waals surface area contributed by atoms with Crippen LogP contribution in [0.15, 0.2) is 11.6 Å². The SMILES string of the molecule is Cc1c(C2COCCCN2)nc2sccn12. The lowest BCUT2D eigenvalue weighted by molar-refractivity contribution is 0.130. The first-order valence-electron chi connectivity index (χ1n) is 5.59. The van der Waals surface area contributed by atoms with Gasteiger partial charge in [0, 0.05) is 23.9 Å². The number of nitrogens with zero attached hydrogens (tertiary/aromatic N) is 2. The van der Waals surface area contributed by atoms with Gasteiger partial charge >= 0.3 is 0 Å². The van der Waals surface area contributed by atoms with Gasteiger partial charge in [0.1, 0.15) is 0 Å². The van der Waals surface area contributed by atoms with Crippen LogP contribution in [-0.2, 0) is 4.74 Å². The number of hydrogen-bond donors (Lipinski definition) is 1. The van der Waals surface area contributed by atoms with Crippen LogP contribution in [0.2, 0.25) is 0 Å². The van der Waals surface area contributed by atoms with Crippen molar-refractivity contribution in [2.75, 3.05) is 19.8 Å². The molecule has 2 aromatic rings. The zero-order chi connectivity index (χ0) is 11.0. The summed E-state index contributed by atoms with van der Waals surface area (Å²) < 4.78 is 7.73. The molecule has 4 nitrogen and oxygen atoms in total. The molecule has 1 atom stereocenters. The minimum absolute atomic E-state index is 0.245. The van der Waals surface area contributed by atoms with E-state index in [2.05, 4.69) is 33.2 Å². The van der Waals surface area contributed by atoms with Crippen LogP contribution >= 0.6 is 11.3 Å². The van der Waals surface area contributed by atoms with Gasteiger partial charge in [-0.25, -0.2) is 4.98 Å². The molecule has 0 bridgehead atoms. The minimum Gasteiger partial charge on any atom is -0.379 e. The molecule has 5 heteroatoms. The quantitative estimate of drug-likeness (QED) is 0.821. The Kier molecular flexibility index (Phi) is 2.67. The van der Waals surface area contributed by atoms with E-state index >= 15 is 0 Å². The molecule has 86 valence electrons. The molecule has 0 spiro atoms. The van der Waals surface area contributed by atoms with Crippen LogP contribution in [-0.4, -0.2) is 29.1 Å². The highest BCUT2D eigenvalue weighted by atomic mass is 32.1. The summed E-state index contributed by atoms with van der Waals surface area (Å²) in [6, 6.07) is 0.245. The third kappa shape index (κ3) is 1.65. The zero-order valence-corrected chi connectivity index (χ0v) is 10.1. The van der Waals surface area contributed by atoms with E-state index in [1.165, 1.54) is 5.69 Å². The molecule has 0 amide bonds. The first-order valence-corrected chi connectivity index (χ1v) is 6.47. The highest BCUT2D eigenvalue weighted by Crippen LogP contribution is 2.22. The molecule has 1 saturated heterocycles. The highest BCUT2D eigenvalue weighted by Gasteiger charge is 2.20. The Bertz CT molecular complexity index is 482. The second-order valence-corrected chi connectivity index (χ2v) is 4.95. The summed E-state index contributed by atoms with van der Waals surface area (Å²) in [5, 5.41) is 5.56. The van der Waals surface area contributed by atoms with Gasteiger partial charge in [-0.05, 0) is 19.9 Å². The van der Waals surface area contributed by atoms with E-state index in [1.54, 1.807) is 11.3 Å². The Labute approximate surface area is 98.3 Å². The van der Waals surface area contributed by atoms with E-state index in [9.17, 15) is 0 Å². The van der Waals surface area contributed by atoms with E-state index < -0.39 is 0 Å². The molecule has 0 aliphatic carbocycles. The molecule has 1 aliphatic rings. The zero-order valence-electron chi connectivity index (χ0n) is 9.27. The Morgan fingerprint density at radius 1 is 1.62 bits per heavy atom. The fourth-order valence-corrected chi connectivity index (χ4v) is 2.90. The molecule has 1 N–H and O–H groups in total. The van der Waals surface area contributed by atoms with Crippen molar-refractivity contribution in [3.63, 3.8) is 0 Å². The number of rotatable bonds is 1. The number of aryl methyl sites for hydroxylation is 1. The number of ether oxygens (including phenoxy) is 1. The van der Waals surface area contributed by atoms with Crippen LogP contribution < -0.4 is 5.32 Å². The monoisotopic (exact) mass is 237 g/mol. The van der Waals surface area contributed by atoms with Gasteiger partial charge in [-0.1, -0.05) is 0 Å². The molecule has 0 radical (unpaired) electrons. The maximum absolute atomic E-state index is 5.58. The molecule has 3 rings (SSSR count). The summed E-state index contributed by atoms with van der Waals surface area (Å²) in [4.78, 5) is 5.74.